The van der Waals surface area contributed by atoms with Crippen molar-refractivity contribution in [3.63, 3.8) is 0 Å². The van der Waals surface area contributed by atoms with Gasteiger partial charge in [-0.05, 0) is 23.7 Å². The van der Waals surface area contributed by atoms with Gasteiger partial charge in [0.25, 0.3) is 6.33 Å². The fourth-order valence-electron chi connectivity index (χ4n) is 4.24. The van der Waals surface area contributed by atoms with Gasteiger partial charge in [-0.3, -0.25) is 10.1 Å². The number of nitrogens with zero attached hydrogens (tertiary/aromatic N) is 2. The van der Waals surface area contributed by atoms with Crippen LogP contribution in [0.5, 0.6) is 0 Å². The molecule has 33 heavy (non-hydrogen) atoms. The Kier molecular flexibility index (Phi) is 9.84. The van der Waals surface area contributed by atoms with Crippen molar-refractivity contribution < 1.29 is 19.8 Å². The SMILES string of the molecule is CC(C)c1cccc(C(C)C)c1-n1cc[n+](-c2c(C(C)C)cccc2C(C)C)c1.[O-]COO. The van der Waals surface area contributed by atoms with Crippen molar-refractivity contribution in [3.8, 4) is 11.4 Å². The highest BCUT2D eigenvalue weighted by Crippen LogP contribution is 2.32. The Morgan fingerprint density at radius 1 is 0.788 bits per heavy atom. The van der Waals surface area contributed by atoms with E-state index in [2.05, 4.69) is 125 Å². The number of para-hydroxylation sites is 2. The zero-order valence-electron chi connectivity index (χ0n) is 21.4. The second-order valence-electron chi connectivity index (χ2n) is 9.66. The lowest BCUT2D eigenvalue weighted by molar-refractivity contribution is -0.596. The molecule has 0 aliphatic rings. The molecule has 1 N–H and O–H groups in total. The largest absolute Gasteiger partial charge is 0.831 e. The van der Waals surface area contributed by atoms with Crippen LogP contribution in [0.25, 0.3) is 11.4 Å². The molecule has 0 unspecified atom stereocenters. The van der Waals surface area contributed by atoms with Crippen molar-refractivity contribution in [2.24, 2.45) is 0 Å². The second-order valence-corrected chi connectivity index (χ2v) is 9.66. The summed E-state index contributed by atoms with van der Waals surface area (Å²) in [6.07, 6.45) is 6.70. The maximum atomic E-state index is 8.83. The van der Waals surface area contributed by atoms with Crippen LogP contribution in [-0.2, 0) is 4.89 Å². The molecule has 5 heteroatoms. The van der Waals surface area contributed by atoms with Crippen LogP contribution in [0.1, 0.15) is 101 Å². The molecule has 0 radical (unpaired) electrons. The summed E-state index contributed by atoms with van der Waals surface area (Å²) in [6, 6.07) is 13.5. The van der Waals surface area contributed by atoms with E-state index < -0.39 is 6.79 Å². The Morgan fingerprint density at radius 2 is 1.18 bits per heavy atom. The summed E-state index contributed by atoms with van der Waals surface area (Å²) in [6.45, 7) is 17.4. The maximum absolute atomic E-state index is 8.83. The van der Waals surface area contributed by atoms with Gasteiger partial charge in [0.15, 0.2) is 0 Å². The average Bonchev–Trinajstić information content (AvgIpc) is 3.27. The lowest BCUT2D eigenvalue weighted by Crippen LogP contribution is -2.31. The van der Waals surface area contributed by atoms with E-state index in [9.17, 15) is 0 Å². The summed E-state index contributed by atoms with van der Waals surface area (Å²) < 4.78 is 4.65. The standard InChI is InChI=1S/C27H37N2.CH3O3/c1-18(2)22-11-9-12-23(19(3)4)26(22)28-15-16-29(17-28)27-24(20(5)6)13-10-14-25(27)21(7)8;2-1-4-3/h9-21H,1-8H3;3H,1H2/q+1;-1. The van der Waals surface area contributed by atoms with E-state index in [0.717, 1.165) is 0 Å². The second kappa shape index (κ2) is 12.1. The van der Waals surface area contributed by atoms with E-state index in [1.54, 1.807) is 0 Å². The molecule has 180 valence electrons. The zero-order chi connectivity index (χ0) is 24.7. The first-order chi connectivity index (χ1) is 15.6. The predicted octanol–water partition coefficient (Wildman–Crippen LogP) is 6.04. The van der Waals surface area contributed by atoms with E-state index in [1.807, 2.05) is 0 Å². The smallest absolute Gasteiger partial charge is 0.254 e. The molecule has 0 aliphatic carbocycles. The molecular weight excluding hydrogens is 412 g/mol. The molecule has 0 amide bonds. The quantitative estimate of drug-likeness (QED) is 0.206. The molecule has 1 aromatic heterocycles. The summed E-state index contributed by atoms with van der Waals surface area (Å²) in [5.74, 6) is 1.92. The third-order valence-corrected chi connectivity index (χ3v) is 5.89. The van der Waals surface area contributed by atoms with Crippen molar-refractivity contribution in [1.82, 2.24) is 4.57 Å². The Bertz CT molecular complexity index is 887. The maximum Gasteiger partial charge on any atom is 0.254 e. The van der Waals surface area contributed by atoms with Gasteiger partial charge in [-0.1, -0.05) is 91.8 Å². The average molecular weight is 453 g/mol. The van der Waals surface area contributed by atoms with Gasteiger partial charge in [0, 0.05) is 29.0 Å². The van der Waals surface area contributed by atoms with Gasteiger partial charge in [0.1, 0.15) is 23.8 Å². The fraction of sp³-hybridized carbons (Fsp3) is 0.464. The lowest BCUT2D eigenvalue weighted by atomic mass is 9.92. The van der Waals surface area contributed by atoms with Gasteiger partial charge in [0.2, 0.25) is 0 Å². The summed E-state index contributed by atoms with van der Waals surface area (Å²) in [7, 11) is 0. The number of aromatic nitrogens is 2. The number of hydrogen-bond acceptors (Lipinski definition) is 3. The van der Waals surface area contributed by atoms with Gasteiger partial charge in [0.05, 0.1) is 0 Å². The van der Waals surface area contributed by atoms with Gasteiger partial charge in [-0.2, -0.15) is 0 Å². The molecule has 0 spiro atoms. The predicted molar refractivity (Wildman–Crippen MR) is 132 cm³/mol. The van der Waals surface area contributed by atoms with Crippen molar-refractivity contribution >= 4 is 0 Å². The molecule has 2 aromatic carbocycles. The highest BCUT2D eigenvalue weighted by atomic mass is 17.1. The minimum Gasteiger partial charge on any atom is -0.831 e. The Labute approximate surface area is 199 Å². The monoisotopic (exact) mass is 452 g/mol. The van der Waals surface area contributed by atoms with E-state index in [4.69, 9.17) is 10.4 Å². The van der Waals surface area contributed by atoms with Crippen LogP contribution in [0.4, 0.5) is 0 Å². The van der Waals surface area contributed by atoms with Gasteiger partial charge < -0.3 is 5.11 Å². The Morgan fingerprint density at radius 3 is 1.55 bits per heavy atom. The lowest BCUT2D eigenvalue weighted by Gasteiger charge is -2.17. The molecule has 0 bridgehead atoms. The minimum absolute atomic E-state index is 0.480. The third-order valence-electron chi connectivity index (χ3n) is 5.89. The number of rotatable bonds is 7. The molecule has 1 heterocycles. The summed E-state index contributed by atoms with van der Waals surface area (Å²) >= 11 is 0. The molecule has 0 saturated carbocycles. The normalized spacial score (nSPS) is 11.5. The van der Waals surface area contributed by atoms with Crippen LogP contribution in [0.3, 0.4) is 0 Å². The van der Waals surface area contributed by atoms with Crippen LogP contribution < -0.4 is 9.67 Å². The first-order valence-corrected chi connectivity index (χ1v) is 11.8. The van der Waals surface area contributed by atoms with E-state index >= 15 is 0 Å². The third kappa shape index (κ3) is 6.32. The van der Waals surface area contributed by atoms with Crippen LogP contribution in [-0.4, -0.2) is 16.6 Å². The molecule has 0 aliphatic heterocycles. The van der Waals surface area contributed by atoms with Crippen molar-refractivity contribution in [3.05, 3.63) is 77.4 Å². The van der Waals surface area contributed by atoms with Gasteiger partial charge in [-0.15, -0.1) is 0 Å². The Balaban J connectivity index is 0.000000890. The fourth-order valence-corrected chi connectivity index (χ4v) is 4.24. The molecule has 3 rings (SSSR count). The zero-order valence-corrected chi connectivity index (χ0v) is 21.4. The van der Waals surface area contributed by atoms with E-state index in [0.29, 0.717) is 23.7 Å². The molecular formula is C28H40N2O3. The number of hydrogen-bond donors (Lipinski definition) is 1. The molecule has 0 atom stereocenters. The van der Waals surface area contributed by atoms with Crippen LogP contribution in [0.2, 0.25) is 0 Å². The topological polar surface area (TPSA) is 61.3 Å². The number of benzene rings is 2. The van der Waals surface area contributed by atoms with E-state index in [-0.39, 0.29) is 0 Å². The summed E-state index contributed by atoms with van der Waals surface area (Å²) in [4.78, 5) is 2.99. The van der Waals surface area contributed by atoms with Gasteiger partial charge >= 0.3 is 0 Å². The number of imidazole rings is 1. The van der Waals surface area contributed by atoms with Crippen molar-refractivity contribution in [2.45, 2.75) is 79.1 Å². The van der Waals surface area contributed by atoms with Crippen LogP contribution in [0, 0.1) is 0 Å². The first-order valence-electron chi connectivity index (χ1n) is 11.8. The molecule has 0 saturated heterocycles. The molecule has 5 nitrogen and oxygen atoms in total. The first kappa shape index (κ1) is 26.8. The van der Waals surface area contributed by atoms with Crippen LogP contribution >= 0.6 is 0 Å². The molecule has 3 aromatic rings. The Hall–Kier alpha value is -2.47. The summed E-state index contributed by atoms with van der Waals surface area (Å²) in [5, 5.41) is 15.9. The summed E-state index contributed by atoms with van der Waals surface area (Å²) in [5.41, 5.74) is 8.29. The minimum atomic E-state index is -0.875. The van der Waals surface area contributed by atoms with Crippen LogP contribution in [0.15, 0.2) is 55.1 Å². The van der Waals surface area contributed by atoms with Crippen molar-refractivity contribution in [1.29, 1.82) is 0 Å². The van der Waals surface area contributed by atoms with E-state index in [1.165, 1.54) is 33.6 Å². The highest BCUT2D eigenvalue weighted by Gasteiger charge is 2.23. The van der Waals surface area contributed by atoms with Gasteiger partial charge in [-0.25, -0.2) is 9.13 Å². The highest BCUT2D eigenvalue weighted by molar-refractivity contribution is 5.51. The molecule has 0 fully saturated rings. The van der Waals surface area contributed by atoms with Crippen molar-refractivity contribution in [2.75, 3.05) is 6.79 Å².